The summed E-state index contributed by atoms with van der Waals surface area (Å²) in [5.74, 6) is -0.364. The van der Waals surface area contributed by atoms with E-state index < -0.39 is 5.97 Å². The number of carboxylic acids is 1. The predicted octanol–water partition coefficient (Wildman–Crippen LogP) is 3.59. The molecule has 1 aliphatic carbocycles. The third-order valence-corrected chi connectivity index (χ3v) is 6.06. The number of carboxylic acid groups (broad SMARTS) is 1. The lowest BCUT2D eigenvalue weighted by molar-refractivity contribution is -0.139. The van der Waals surface area contributed by atoms with Crippen LogP contribution in [0.5, 0.6) is 0 Å². The van der Waals surface area contributed by atoms with Crippen LogP contribution < -0.4 is 0 Å². The first kappa shape index (κ1) is 17.0. The van der Waals surface area contributed by atoms with Crippen molar-refractivity contribution in [2.45, 2.75) is 51.9 Å². The van der Waals surface area contributed by atoms with Crippen LogP contribution in [0, 0.1) is 18.3 Å². The highest BCUT2D eigenvalue weighted by Crippen LogP contribution is 2.59. The van der Waals surface area contributed by atoms with Crippen molar-refractivity contribution >= 4 is 11.9 Å². The molecule has 2 unspecified atom stereocenters. The highest BCUT2D eigenvalue weighted by Gasteiger charge is 2.59. The van der Waals surface area contributed by atoms with Crippen molar-refractivity contribution in [3.05, 3.63) is 35.4 Å². The van der Waals surface area contributed by atoms with E-state index in [2.05, 4.69) is 38.1 Å². The van der Waals surface area contributed by atoms with Gasteiger partial charge >= 0.3 is 5.97 Å². The zero-order valence-corrected chi connectivity index (χ0v) is 14.6. The standard InChI is InChI=1S/C20H27NO3/c1-3-15(16-6-4-14(2)5-7-16)12-18(22)21-10-8-20(9-11-21)13-17(20)19(23)24/h4-7,15,17H,3,8-13H2,1-2H3,(H,23,24). The van der Waals surface area contributed by atoms with Crippen LogP contribution >= 0.6 is 0 Å². The molecule has 0 aromatic heterocycles. The molecule has 2 aliphatic rings. The lowest BCUT2D eigenvalue weighted by atomic mass is 9.89. The second kappa shape index (κ2) is 6.58. The molecule has 1 aromatic rings. The Hall–Kier alpha value is -1.84. The van der Waals surface area contributed by atoms with E-state index in [1.54, 1.807) is 0 Å². The molecule has 24 heavy (non-hydrogen) atoms. The first-order valence-corrected chi connectivity index (χ1v) is 9.02. The van der Waals surface area contributed by atoms with Gasteiger partial charge in [0, 0.05) is 19.5 Å². The van der Waals surface area contributed by atoms with Crippen LogP contribution in [0.3, 0.4) is 0 Å². The number of carbonyl (C=O) groups is 2. The van der Waals surface area contributed by atoms with Gasteiger partial charge in [-0.1, -0.05) is 36.8 Å². The molecular formula is C20H27NO3. The second-order valence-corrected chi connectivity index (χ2v) is 7.56. The van der Waals surface area contributed by atoms with Crippen molar-refractivity contribution in [1.82, 2.24) is 4.90 Å². The van der Waals surface area contributed by atoms with Gasteiger partial charge in [-0.2, -0.15) is 0 Å². The average molecular weight is 329 g/mol. The molecular weight excluding hydrogens is 302 g/mol. The van der Waals surface area contributed by atoms with Crippen molar-refractivity contribution < 1.29 is 14.7 Å². The Kier molecular flexibility index (Phi) is 4.66. The molecule has 1 aromatic carbocycles. The van der Waals surface area contributed by atoms with Crippen molar-refractivity contribution in [2.24, 2.45) is 11.3 Å². The van der Waals surface area contributed by atoms with Gasteiger partial charge in [0.2, 0.25) is 5.91 Å². The molecule has 3 rings (SSSR count). The number of hydrogen-bond acceptors (Lipinski definition) is 2. The Morgan fingerprint density at radius 2 is 1.88 bits per heavy atom. The number of aryl methyl sites for hydroxylation is 1. The van der Waals surface area contributed by atoms with Gasteiger partial charge in [-0.3, -0.25) is 9.59 Å². The first-order valence-electron chi connectivity index (χ1n) is 9.02. The molecule has 2 atom stereocenters. The number of rotatable bonds is 5. The minimum absolute atomic E-state index is 0.0102. The van der Waals surface area contributed by atoms with Crippen LogP contribution in [-0.4, -0.2) is 35.0 Å². The first-order chi connectivity index (χ1) is 11.4. The zero-order valence-electron chi connectivity index (χ0n) is 14.6. The fraction of sp³-hybridized carbons (Fsp3) is 0.600. The van der Waals surface area contributed by atoms with Crippen molar-refractivity contribution in [2.75, 3.05) is 13.1 Å². The number of aliphatic carboxylic acids is 1. The number of amides is 1. The van der Waals surface area contributed by atoms with Crippen LogP contribution in [0.25, 0.3) is 0 Å². The van der Waals surface area contributed by atoms with Crippen LogP contribution in [0.15, 0.2) is 24.3 Å². The third kappa shape index (κ3) is 3.33. The van der Waals surface area contributed by atoms with Gasteiger partial charge < -0.3 is 10.0 Å². The summed E-state index contributed by atoms with van der Waals surface area (Å²) in [6.07, 6.45) is 3.99. The van der Waals surface area contributed by atoms with Gasteiger partial charge in [0.1, 0.15) is 0 Å². The minimum Gasteiger partial charge on any atom is -0.481 e. The molecule has 0 radical (unpaired) electrons. The quantitative estimate of drug-likeness (QED) is 0.898. The molecule has 4 heteroatoms. The number of hydrogen-bond donors (Lipinski definition) is 1. The van der Waals surface area contributed by atoms with E-state index in [4.69, 9.17) is 5.11 Å². The molecule has 1 aliphatic heterocycles. The van der Waals surface area contributed by atoms with Gasteiger partial charge in [0.25, 0.3) is 0 Å². The highest BCUT2D eigenvalue weighted by molar-refractivity contribution is 5.78. The fourth-order valence-corrected chi connectivity index (χ4v) is 4.13. The number of piperidine rings is 1. The summed E-state index contributed by atoms with van der Waals surface area (Å²) < 4.78 is 0. The van der Waals surface area contributed by atoms with Gasteiger partial charge in [-0.15, -0.1) is 0 Å². The molecule has 1 saturated heterocycles. The minimum atomic E-state index is -0.666. The second-order valence-electron chi connectivity index (χ2n) is 7.56. The molecule has 1 saturated carbocycles. The SMILES string of the molecule is CCC(CC(=O)N1CCC2(CC1)CC2C(=O)O)c1ccc(C)cc1. The van der Waals surface area contributed by atoms with Crippen molar-refractivity contribution in [1.29, 1.82) is 0 Å². The van der Waals surface area contributed by atoms with Gasteiger partial charge in [0.05, 0.1) is 5.92 Å². The lowest BCUT2D eigenvalue weighted by Crippen LogP contribution is -2.40. The summed E-state index contributed by atoms with van der Waals surface area (Å²) >= 11 is 0. The smallest absolute Gasteiger partial charge is 0.307 e. The van der Waals surface area contributed by atoms with Gasteiger partial charge in [-0.25, -0.2) is 0 Å². The molecule has 1 heterocycles. The summed E-state index contributed by atoms with van der Waals surface area (Å²) in [6, 6.07) is 8.46. The Labute approximate surface area is 143 Å². The van der Waals surface area contributed by atoms with E-state index in [0.29, 0.717) is 19.5 Å². The molecule has 1 spiro atoms. The number of nitrogens with zero attached hydrogens (tertiary/aromatic N) is 1. The maximum Gasteiger partial charge on any atom is 0.307 e. The number of likely N-dealkylation sites (tertiary alicyclic amines) is 1. The van der Waals surface area contributed by atoms with Gasteiger partial charge in [-0.05, 0) is 49.5 Å². The largest absolute Gasteiger partial charge is 0.481 e. The highest BCUT2D eigenvalue weighted by atomic mass is 16.4. The molecule has 130 valence electrons. The Balaban J connectivity index is 1.55. The summed E-state index contributed by atoms with van der Waals surface area (Å²) in [4.78, 5) is 25.7. The van der Waals surface area contributed by atoms with Gasteiger partial charge in [0.15, 0.2) is 0 Å². The summed E-state index contributed by atoms with van der Waals surface area (Å²) in [5.41, 5.74) is 2.46. The molecule has 0 bridgehead atoms. The van der Waals surface area contributed by atoms with E-state index in [9.17, 15) is 9.59 Å². The van der Waals surface area contributed by atoms with Crippen molar-refractivity contribution in [3.8, 4) is 0 Å². The fourth-order valence-electron chi connectivity index (χ4n) is 4.13. The predicted molar refractivity (Wildman–Crippen MR) is 92.8 cm³/mol. The van der Waals surface area contributed by atoms with Crippen LogP contribution in [0.1, 0.15) is 56.1 Å². The molecule has 4 nitrogen and oxygen atoms in total. The Morgan fingerprint density at radius 3 is 2.38 bits per heavy atom. The zero-order chi connectivity index (χ0) is 17.3. The van der Waals surface area contributed by atoms with E-state index in [1.807, 2.05) is 4.90 Å². The topological polar surface area (TPSA) is 57.6 Å². The van der Waals surface area contributed by atoms with Crippen molar-refractivity contribution in [3.63, 3.8) is 0 Å². The normalized spacial score (nSPS) is 23.1. The maximum atomic E-state index is 12.7. The van der Waals surface area contributed by atoms with Crippen LogP contribution in [0.4, 0.5) is 0 Å². The number of carbonyl (C=O) groups excluding carboxylic acids is 1. The van der Waals surface area contributed by atoms with Crippen LogP contribution in [-0.2, 0) is 9.59 Å². The molecule has 1 N–H and O–H groups in total. The summed E-state index contributed by atoms with van der Waals surface area (Å²) in [7, 11) is 0. The summed E-state index contributed by atoms with van der Waals surface area (Å²) in [5, 5.41) is 9.16. The maximum absolute atomic E-state index is 12.7. The monoisotopic (exact) mass is 329 g/mol. The third-order valence-electron chi connectivity index (χ3n) is 6.06. The van der Waals surface area contributed by atoms with E-state index in [-0.39, 0.29) is 23.2 Å². The summed E-state index contributed by atoms with van der Waals surface area (Å²) in [6.45, 7) is 5.63. The molecule has 2 fully saturated rings. The Morgan fingerprint density at radius 1 is 1.25 bits per heavy atom. The van der Waals surface area contributed by atoms with E-state index in [0.717, 1.165) is 25.7 Å². The van der Waals surface area contributed by atoms with E-state index in [1.165, 1.54) is 11.1 Å². The number of benzene rings is 1. The molecule has 1 amide bonds. The lowest BCUT2D eigenvalue weighted by Gasteiger charge is -2.33. The van der Waals surface area contributed by atoms with Crippen LogP contribution in [0.2, 0.25) is 0 Å². The Bertz CT molecular complexity index is 614. The average Bonchev–Trinajstić information content (AvgIpc) is 3.28. The van der Waals surface area contributed by atoms with E-state index >= 15 is 0 Å².